The molecule has 0 N–H and O–H groups in total. The van der Waals surface area contributed by atoms with Crippen molar-refractivity contribution in [3.05, 3.63) is 269 Å². The summed E-state index contributed by atoms with van der Waals surface area (Å²) in [6.07, 6.45) is -11.6. The molecular weight excluding hydrogens is 986 g/mol. The minimum absolute atomic E-state index is 0.0286. The van der Waals surface area contributed by atoms with Crippen molar-refractivity contribution in [1.29, 1.82) is 0 Å². The molecule has 0 atom stereocenters. The fourth-order valence-electron chi connectivity index (χ4n) is 8.63. The molecule has 9 aromatic carbocycles. The minimum atomic E-state index is -5.79. The second-order valence-electron chi connectivity index (χ2n) is 18.4. The van der Waals surface area contributed by atoms with Gasteiger partial charge in [-0.15, -0.1) is 0 Å². The molecule has 0 aliphatic carbocycles. The smallest absolute Gasteiger partial charge is 0.411 e. The number of halogens is 7. The van der Waals surface area contributed by atoms with Gasteiger partial charge in [0.15, 0.2) is 11.6 Å². The van der Waals surface area contributed by atoms with Crippen molar-refractivity contribution < 1.29 is 59.3 Å². The number of carbonyl (C=O) groups excluding carboxylic acids is 2. The van der Waals surface area contributed by atoms with E-state index >= 15 is 0 Å². The monoisotopic (exact) mass is 1030 g/mol. The van der Waals surface area contributed by atoms with Crippen LogP contribution in [0.4, 0.5) is 30.7 Å². The van der Waals surface area contributed by atoms with Crippen molar-refractivity contribution in [1.82, 2.24) is 0 Å². The van der Waals surface area contributed by atoms with Crippen LogP contribution >= 0.6 is 0 Å². The van der Waals surface area contributed by atoms with Crippen molar-refractivity contribution in [3.8, 4) is 51.4 Å². The number of ether oxygens (including phenoxy) is 4. The van der Waals surface area contributed by atoms with E-state index in [1.54, 1.807) is 72.8 Å². The fraction of sp³-hybridized carbons (Fsp3) is 0.111. The molecule has 0 saturated heterocycles. The van der Waals surface area contributed by atoms with Crippen LogP contribution in [-0.4, -0.2) is 23.9 Å². The maximum absolute atomic E-state index is 14.9. The Morgan fingerprint density at radius 3 is 0.947 bits per heavy atom. The highest BCUT2D eigenvalue weighted by Gasteiger charge is 2.72. The van der Waals surface area contributed by atoms with Crippen LogP contribution in [0, 0.1) is 12.7 Å². The van der Waals surface area contributed by atoms with Crippen LogP contribution in [0.1, 0.15) is 67.9 Å². The molecule has 0 radical (unpaired) electrons. The molecule has 6 nitrogen and oxygen atoms in total. The van der Waals surface area contributed by atoms with Gasteiger partial charge in [-0.05, 0) is 182 Å². The molecule has 13 heteroatoms. The lowest BCUT2D eigenvalue weighted by Gasteiger charge is -2.38. The van der Waals surface area contributed by atoms with Crippen molar-refractivity contribution in [2.45, 2.75) is 44.1 Å². The Bertz CT molecular complexity index is 3430. The maximum Gasteiger partial charge on any atom is 0.411 e. The molecule has 0 aliphatic rings. The zero-order chi connectivity index (χ0) is 53.8. The maximum atomic E-state index is 14.9. The summed E-state index contributed by atoms with van der Waals surface area (Å²) in [5, 5.41) is 0. The Balaban J connectivity index is 0.795. The molecule has 0 bridgehead atoms. The molecule has 9 aromatic rings. The molecule has 382 valence electrons. The van der Waals surface area contributed by atoms with Crippen LogP contribution < -0.4 is 18.9 Å². The molecule has 0 aliphatic heterocycles. The van der Waals surface area contributed by atoms with Gasteiger partial charge in [-0.2, -0.15) is 26.3 Å². The average molecular weight is 1030 g/mol. The number of ketones is 2. The quantitative estimate of drug-likeness (QED) is 0.0709. The molecule has 0 unspecified atom stereocenters. The Morgan fingerprint density at radius 1 is 0.342 bits per heavy atom. The van der Waals surface area contributed by atoms with Gasteiger partial charge in [-0.3, -0.25) is 9.59 Å². The Labute approximate surface area is 433 Å². The van der Waals surface area contributed by atoms with E-state index in [4.69, 9.17) is 18.9 Å². The third-order valence-electron chi connectivity index (χ3n) is 12.7. The van der Waals surface area contributed by atoms with Crippen molar-refractivity contribution in [3.63, 3.8) is 0 Å². The zero-order valence-electron chi connectivity index (χ0n) is 40.9. The number of hydrogen-bond donors (Lipinski definition) is 0. The molecular formula is C63H45F7O6. The first-order valence-electron chi connectivity index (χ1n) is 23.8. The Morgan fingerprint density at radius 2 is 0.605 bits per heavy atom. The molecule has 0 amide bonds. The van der Waals surface area contributed by atoms with E-state index in [1.165, 1.54) is 48.5 Å². The summed E-state index contributed by atoms with van der Waals surface area (Å²) in [7, 11) is 0. The number of rotatable bonds is 16. The summed E-state index contributed by atoms with van der Waals surface area (Å²) in [5.74, 6) is 1.43. The van der Waals surface area contributed by atoms with Crippen LogP contribution in [-0.2, 0) is 11.0 Å². The highest BCUT2D eigenvalue weighted by atomic mass is 19.4. The Kier molecular flexibility index (Phi) is 14.4. The summed E-state index contributed by atoms with van der Waals surface area (Å²) in [4.78, 5) is 26.3. The van der Waals surface area contributed by atoms with Crippen LogP contribution in [0.2, 0.25) is 0 Å². The van der Waals surface area contributed by atoms with Gasteiger partial charge in [0.2, 0.25) is 5.41 Å². The van der Waals surface area contributed by atoms with Crippen molar-refractivity contribution >= 4 is 11.6 Å². The van der Waals surface area contributed by atoms with Gasteiger partial charge in [0.05, 0.1) is 0 Å². The Hall–Kier alpha value is -8.97. The summed E-state index contributed by atoms with van der Waals surface area (Å²) in [5.41, 5.74) is -2.08. The predicted octanol–water partition coefficient (Wildman–Crippen LogP) is 17.4. The highest BCUT2D eigenvalue weighted by molar-refractivity contribution is 6.09. The van der Waals surface area contributed by atoms with Gasteiger partial charge >= 0.3 is 12.4 Å². The lowest BCUT2D eigenvalue weighted by molar-refractivity contribution is -0.288. The second kappa shape index (κ2) is 21.1. The van der Waals surface area contributed by atoms with Crippen molar-refractivity contribution in [2.24, 2.45) is 0 Å². The van der Waals surface area contributed by atoms with Gasteiger partial charge < -0.3 is 18.9 Å². The minimum Gasteiger partial charge on any atom is -0.483 e. The average Bonchev–Trinajstić information content (AvgIpc) is 3.40. The van der Waals surface area contributed by atoms with Crippen LogP contribution in [0.3, 0.4) is 0 Å². The molecule has 0 heterocycles. The summed E-state index contributed by atoms with van der Waals surface area (Å²) in [6, 6.07) is 54.2. The topological polar surface area (TPSA) is 71.1 Å². The van der Waals surface area contributed by atoms with Crippen molar-refractivity contribution in [2.75, 3.05) is 0 Å². The van der Waals surface area contributed by atoms with E-state index in [-0.39, 0.29) is 28.8 Å². The van der Waals surface area contributed by atoms with Gasteiger partial charge in [0.25, 0.3) is 0 Å². The third kappa shape index (κ3) is 11.2. The summed E-state index contributed by atoms with van der Waals surface area (Å²) < 4.78 is 126. The lowest BCUT2D eigenvalue weighted by atomic mass is 9.73. The summed E-state index contributed by atoms with van der Waals surface area (Å²) in [6.45, 7) is 5.67. The van der Waals surface area contributed by atoms with E-state index in [1.807, 2.05) is 69.3 Å². The number of benzene rings is 9. The molecule has 0 saturated carbocycles. The normalized spacial score (nSPS) is 11.9. The molecule has 0 spiro atoms. The first-order chi connectivity index (χ1) is 36.3. The standard InChI is InChI=1S/C63H45F7O6/c1-40-4-26-51(27-5-40)73-55-36-20-48(21-37-55)61(62(65,66)67,63(68,69)70)49-22-38-56(39-23-49)75-54-32-14-45(15-33-54)58(71)43-6-18-47(19-7-43)60(2,3)76-57-34-12-42(13-35-57)41-10-28-52(29-11-41)74-53-30-16-46(17-31-53)59(72)44-8-24-50(64)25-9-44/h4-39H,1-3H3. The molecule has 0 fully saturated rings. The SMILES string of the molecule is Cc1ccc(Oc2ccc(C(c3ccc(Oc4ccc(C(=O)c5ccc(C(C)(C)Oc6ccc(-c7ccc(Oc8ccc(C(=O)c9ccc(F)cc9)cc8)cc7)cc6)cc5)cc4)cc3)(C(F)(F)F)C(F)(F)F)cc2)cc1. The second-order valence-corrected chi connectivity index (χ2v) is 18.4. The fourth-order valence-corrected chi connectivity index (χ4v) is 8.63. The first-order valence-corrected chi connectivity index (χ1v) is 23.8. The van der Waals surface area contributed by atoms with E-state index in [9.17, 15) is 40.3 Å². The van der Waals surface area contributed by atoms with Crippen LogP contribution in [0.5, 0.6) is 40.2 Å². The number of alkyl halides is 6. The zero-order valence-corrected chi connectivity index (χ0v) is 40.9. The predicted molar refractivity (Wildman–Crippen MR) is 275 cm³/mol. The van der Waals surface area contributed by atoms with E-state index in [0.717, 1.165) is 70.8 Å². The van der Waals surface area contributed by atoms with E-state index in [2.05, 4.69) is 0 Å². The van der Waals surface area contributed by atoms with Gasteiger partial charge in [-0.1, -0.05) is 90.5 Å². The molecule has 76 heavy (non-hydrogen) atoms. The van der Waals surface area contributed by atoms with Crippen LogP contribution in [0.25, 0.3) is 11.1 Å². The number of aryl methyl sites for hydroxylation is 1. The highest BCUT2D eigenvalue weighted by Crippen LogP contribution is 2.56. The van der Waals surface area contributed by atoms with Crippen LogP contribution in [0.15, 0.2) is 218 Å². The number of hydrogen-bond acceptors (Lipinski definition) is 6. The van der Waals surface area contributed by atoms with E-state index < -0.39 is 40.3 Å². The van der Waals surface area contributed by atoms with Gasteiger partial charge in [0, 0.05) is 22.3 Å². The third-order valence-corrected chi connectivity index (χ3v) is 12.7. The molecule has 0 aromatic heterocycles. The summed E-state index contributed by atoms with van der Waals surface area (Å²) >= 11 is 0. The largest absolute Gasteiger partial charge is 0.483 e. The van der Waals surface area contributed by atoms with E-state index in [0.29, 0.717) is 45.3 Å². The number of carbonyl (C=O) groups is 2. The van der Waals surface area contributed by atoms with Gasteiger partial charge in [0.1, 0.15) is 51.7 Å². The lowest BCUT2D eigenvalue weighted by Crippen LogP contribution is -2.54. The first kappa shape index (κ1) is 51.9. The molecule has 9 rings (SSSR count). The van der Waals surface area contributed by atoms with Gasteiger partial charge in [-0.25, -0.2) is 4.39 Å².